The summed E-state index contributed by atoms with van der Waals surface area (Å²) in [6.07, 6.45) is -4.03. The second-order valence-corrected chi connectivity index (χ2v) is 7.20. The molecule has 0 heterocycles. The van der Waals surface area contributed by atoms with Crippen LogP contribution < -0.4 is 4.72 Å². The molecule has 0 saturated heterocycles. The van der Waals surface area contributed by atoms with Crippen molar-refractivity contribution in [2.45, 2.75) is 51.4 Å². The summed E-state index contributed by atoms with van der Waals surface area (Å²) in [5.74, 6) is 0. The molecule has 0 aliphatic carbocycles. The van der Waals surface area contributed by atoms with Gasteiger partial charge in [0.05, 0.1) is 17.0 Å². The smallest absolute Gasteiger partial charge is 0.392 e. The van der Waals surface area contributed by atoms with E-state index in [-0.39, 0.29) is 23.4 Å². The molecule has 0 saturated carbocycles. The van der Waals surface area contributed by atoms with E-state index in [4.69, 9.17) is 4.84 Å². The molecule has 1 aromatic carbocycles. The third-order valence-corrected chi connectivity index (χ3v) is 4.63. The van der Waals surface area contributed by atoms with E-state index in [9.17, 15) is 34.8 Å². The Labute approximate surface area is 152 Å². The van der Waals surface area contributed by atoms with Crippen LogP contribution in [0.5, 0.6) is 0 Å². The summed E-state index contributed by atoms with van der Waals surface area (Å²) in [5, 5.41) is 3.70. The standard InChI is InChI=1S/C15H18F6N2O3S/c1-4-11(5-2)26-22-9(3)12-7-6-10(14(16,17)18)8-13(12)23-27(24,25)15(19,20)21/h6-8,11,23H,4-5H2,1-3H3/b22-9+. The van der Waals surface area contributed by atoms with Gasteiger partial charge < -0.3 is 4.84 Å². The topological polar surface area (TPSA) is 67.8 Å². The normalized spacial score (nSPS) is 13.8. The minimum absolute atomic E-state index is 0.0875. The average Bonchev–Trinajstić information content (AvgIpc) is 2.53. The SMILES string of the molecule is CCC(CC)O/N=C(\C)c1ccc(C(F)(F)F)cc1NS(=O)(=O)C(F)(F)F. The summed E-state index contributed by atoms with van der Waals surface area (Å²) < 4.78 is 100. The molecule has 0 amide bonds. The van der Waals surface area contributed by atoms with E-state index in [0.29, 0.717) is 18.9 Å². The Bertz CT molecular complexity index is 784. The Morgan fingerprint density at radius 3 is 2.15 bits per heavy atom. The first-order valence-electron chi connectivity index (χ1n) is 7.74. The number of rotatable bonds is 7. The van der Waals surface area contributed by atoms with E-state index in [1.807, 2.05) is 0 Å². The number of benzene rings is 1. The fourth-order valence-corrected chi connectivity index (χ4v) is 2.54. The van der Waals surface area contributed by atoms with Gasteiger partial charge >= 0.3 is 21.7 Å². The lowest BCUT2D eigenvalue weighted by Crippen LogP contribution is -2.30. The maximum absolute atomic E-state index is 12.9. The zero-order chi connectivity index (χ0) is 21.0. The van der Waals surface area contributed by atoms with Crippen molar-refractivity contribution in [2.24, 2.45) is 5.16 Å². The summed E-state index contributed by atoms with van der Waals surface area (Å²) in [6, 6.07) is 1.71. The van der Waals surface area contributed by atoms with E-state index in [1.54, 1.807) is 13.8 Å². The van der Waals surface area contributed by atoms with Gasteiger partial charge in [0.25, 0.3) is 0 Å². The molecule has 0 aromatic heterocycles. The average molecular weight is 420 g/mol. The van der Waals surface area contributed by atoms with Crippen LogP contribution in [0.4, 0.5) is 32.0 Å². The Balaban J connectivity index is 3.41. The van der Waals surface area contributed by atoms with Crippen molar-refractivity contribution in [1.29, 1.82) is 0 Å². The second kappa shape index (κ2) is 8.36. The van der Waals surface area contributed by atoms with Gasteiger partial charge in [-0.15, -0.1) is 0 Å². The number of oxime groups is 1. The summed E-state index contributed by atoms with van der Waals surface area (Å²) in [6.45, 7) is 4.89. The van der Waals surface area contributed by atoms with Gasteiger partial charge in [0.2, 0.25) is 0 Å². The van der Waals surface area contributed by atoms with Crippen molar-refractivity contribution in [1.82, 2.24) is 0 Å². The molecule has 154 valence electrons. The van der Waals surface area contributed by atoms with Gasteiger partial charge in [-0.2, -0.15) is 34.8 Å². The molecule has 0 radical (unpaired) electrons. The first kappa shape index (κ1) is 23.1. The predicted octanol–water partition coefficient (Wildman–Crippen LogP) is 4.90. The first-order chi connectivity index (χ1) is 12.2. The number of nitrogens with zero attached hydrogens (tertiary/aromatic N) is 1. The fraction of sp³-hybridized carbons (Fsp3) is 0.533. The van der Waals surface area contributed by atoms with Crippen LogP contribution in [0.25, 0.3) is 0 Å². The van der Waals surface area contributed by atoms with Crippen LogP contribution in [0.15, 0.2) is 23.4 Å². The largest absolute Gasteiger partial charge is 0.516 e. The Kier molecular flexibility index (Phi) is 7.14. The molecule has 1 aromatic rings. The van der Waals surface area contributed by atoms with Gasteiger partial charge in [0, 0.05) is 5.56 Å². The highest BCUT2D eigenvalue weighted by Crippen LogP contribution is 2.34. The third-order valence-electron chi connectivity index (χ3n) is 3.54. The maximum atomic E-state index is 12.9. The van der Waals surface area contributed by atoms with Crippen molar-refractivity contribution in [3.8, 4) is 0 Å². The zero-order valence-electron chi connectivity index (χ0n) is 14.6. The van der Waals surface area contributed by atoms with Gasteiger partial charge in [-0.3, -0.25) is 4.72 Å². The molecule has 1 N–H and O–H groups in total. The number of alkyl halides is 6. The number of sulfonamides is 1. The minimum Gasteiger partial charge on any atom is -0.392 e. The number of halogens is 6. The highest BCUT2D eigenvalue weighted by atomic mass is 32.2. The summed E-state index contributed by atoms with van der Waals surface area (Å²) in [5.41, 5.74) is -8.29. The highest BCUT2D eigenvalue weighted by molar-refractivity contribution is 7.93. The zero-order valence-corrected chi connectivity index (χ0v) is 15.4. The van der Waals surface area contributed by atoms with Gasteiger partial charge in [0.1, 0.15) is 6.10 Å². The molecule has 27 heavy (non-hydrogen) atoms. The number of hydrogen-bond acceptors (Lipinski definition) is 4. The van der Waals surface area contributed by atoms with Crippen molar-refractivity contribution < 1.29 is 39.6 Å². The van der Waals surface area contributed by atoms with Crippen LogP contribution >= 0.6 is 0 Å². The molecule has 0 aliphatic heterocycles. The third kappa shape index (κ3) is 6.01. The fourth-order valence-electron chi connectivity index (χ4n) is 1.96. The summed E-state index contributed by atoms with van der Waals surface area (Å²) >= 11 is 0. The lowest BCUT2D eigenvalue weighted by molar-refractivity contribution is -0.137. The molecule has 0 unspecified atom stereocenters. The van der Waals surface area contributed by atoms with Crippen LogP contribution in [0.3, 0.4) is 0 Å². The number of hydrogen-bond donors (Lipinski definition) is 1. The van der Waals surface area contributed by atoms with Gasteiger partial charge in [0.15, 0.2) is 0 Å². The Hall–Kier alpha value is -1.98. The minimum atomic E-state index is -5.92. The lowest BCUT2D eigenvalue weighted by atomic mass is 10.1. The van der Waals surface area contributed by atoms with Crippen molar-refractivity contribution in [3.05, 3.63) is 29.3 Å². The molecule has 0 atom stereocenters. The van der Waals surface area contributed by atoms with E-state index in [1.165, 1.54) is 6.92 Å². The molecule has 0 spiro atoms. The van der Waals surface area contributed by atoms with Crippen LogP contribution in [0.1, 0.15) is 44.7 Å². The molecular formula is C15H18F6N2O3S. The second-order valence-electron chi connectivity index (χ2n) is 5.53. The first-order valence-corrected chi connectivity index (χ1v) is 9.22. The molecule has 0 fully saturated rings. The van der Waals surface area contributed by atoms with Gasteiger partial charge in [-0.1, -0.05) is 25.1 Å². The monoisotopic (exact) mass is 420 g/mol. The van der Waals surface area contributed by atoms with Crippen LogP contribution in [0, 0.1) is 0 Å². The molecule has 12 heteroatoms. The lowest BCUT2D eigenvalue weighted by Gasteiger charge is -2.17. The van der Waals surface area contributed by atoms with Crippen LogP contribution in [-0.2, 0) is 21.0 Å². The molecular weight excluding hydrogens is 402 g/mol. The molecule has 1 rings (SSSR count). The number of anilines is 1. The van der Waals surface area contributed by atoms with Crippen molar-refractivity contribution in [3.63, 3.8) is 0 Å². The van der Waals surface area contributed by atoms with Crippen LogP contribution in [-0.4, -0.2) is 25.7 Å². The predicted molar refractivity (Wildman–Crippen MR) is 87.7 cm³/mol. The Morgan fingerprint density at radius 2 is 1.70 bits per heavy atom. The molecule has 5 nitrogen and oxygen atoms in total. The quantitative estimate of drug-likeness (QED) is 0.388. The van der Waals surface area contributed by atoms with Crippen LogP contribution in [0.2, 0.25) is 0 Å². The van der Waals surface area contributed by atoms with E-state index < -0.39 is 33.0 Å². The van der Waals surface area contributed by atoms with E-state index in [0.717, 1.165) is 10.8 Å². The van der Waals surface area contributed by atoms with Crippen molar-refractivity contribution in [2.75, 3.05) is 4.72 Å². The molecule has 0 aliphatic rings. The van der Waals surface area contributed by atoms with E-state index >= 15 is 0 Å². The van der Waals surface area contributed by atoms with Gasteiger partial charge in [-0.25, -0.2) is 0 Å². The summed E-state index contributed by atoms with van der Waals surface area (Å²) in [4.78, 5) is 5.17. The number of nitrogens with one attached hydrogen (secondary N) is 1. The van der Waals surface area contributed by atoms with Crippen molar-refractivity contribution >= 4 is 21.4 Å². The maximum Gasteiger partial charge on any atom is 0.516 e. The highest BCUT2D eigenvalue weighted by Gasteiger charge is 2.46. The summed E-state index contributed by atoms with van der Waals surface area (Å²) in [7, 11) is -5.92. The van der Waals surface area contributed by atoms with Gasteiger partial charge in [-0.05, 0) is 31.9 Å². The van der Waals surface area contributed by atoms with E-state index in [2.05, 4.69) is 5.16 Å². The Morgan fingerprint density at radius 1 is 1.15 bits per heavy atom. The molecule has 0 bridgehead atoms.